The molecule has 0 spiro atoms. The first-order chi connectivity index (χ1) is 10.5. The lowest BCUT2D eigenvalue weighted by Crippen LogP contribution is -2.49. The van der Waals surface area contributed by atoms with Crippen LogP contribution in [0.15, 0.2) is 24.3 Å². The highest BCUT2D eigenvalue weighted by molar-refractivity contribution is 7.99. The molecular weight excluding hydrogens is 357 g/mol. The molecule has 1 aromatic carbocycles. The maximum Gasteiger partial charge on any atom is 0.255 e. The zero-order chi connectivity index (χ0) is 16.1. The van der Waals surface area contributed by atoms with Crippen LogP contribution >= 0.6 is 35.8 Å². The normalized spacial score (nSPS) is 18.2. The Morgan fingerprint density at radius 1 is 1.39 bits per heavy atom. The number of halogens is 2. The van der Waals surface area contributed by atoms with E-state index in [1.54, 1.807) is 40.9 Å². The molecule has 0 bridgehead atoms. The van der Waals surface area contributed by atoms with E-state index in [-0.39, 0.29) is 30.3 Å². The predicted molar refractivity (Wildman–Crippen MR) is 97.5 cm³/mol. The lowest BCUT2D eigenvalue weighted by molar-refractivity contribution is -0.124. The summed E-state index contributed by atoms with van der Waals surface area (Å²) in [6.45, 7) is 2.53. The molecule has 23 heavy (non-hydrogen) atoms. The fourth-order valence-electron chi connectivity index (χ4n) is 2.09. The average Bonchev–Trinajstić information content (AvgIpc) is 3.01. The van der Waals surface area contributed by atoms with Gasteiger partial charge in [-0.2, -0.15) is 0 Å². The van der Waals surface area contributed by atoms with Gasteiger partial charge in [-0.05, 0) is 38.2 Å². The van der Waals surface area contributed by atoms with Crippen molar-refractivity contribution in [2.75, 3.05) is 25.2 Å². The lowest BCUT2D eigenvalue weighted by Gasteiger charge is -2.24. The van der Waals surface area contributed by atoms with Crippen LogP contribution < -0.4 is 10.6 Å². The van der Waals surface area contributed by atoms with Gasteiger partial charge >= 0.3 is 0 Å². The van der Waals surface area contributed by atoms with Gasteiger partial charge in [-0.1, -0.05) is 11.6 Å². The van der Waals surface area contributed by atoms with Crippen LogP contribution in [0.4, 0.5) is 0 Å². The summed E-state index contributed by atoms with van der Waals surface area (Å²) in [7, 11) is 1.85. The summed E-state index contributed by atoms with van der Waals surface area (Å²) < 4.78 is 0. The van der Waals surface area contributed by atoms with Gasteiger partial charge in [0.05, 0.1) is 5.88 Å². The van der Waals surface area contributed by atoms with E-state index in [1.165, 1.54) is 0 Å². The number of thioether (sulfide) groups is 1. The van der Waals surface area contributed by atoms with Gasteiger partial charge in [-0.25, -0.2) is 0 Å². The number of amides is 2. The van der Waals surface area contributed by atoms with Crippen molar-refractivity contribution in [1.82, 2.24) is 15.5 Å². The first kappa shape index (κ1) is 20.1. The predicted octanol–water partition coefficient (Wildman–Crippen LogP) is 2.00. The Morgan fingerprint density at radius 3 is 2.65 bits per heavy atom. The van der Waals surface area contributed by atoms with Crippen LogP contribution in [0, 0.1) is 0 Å². The summed E-state index contributed by atoms with van der Waals surface area (Å²) in [5.41, 5.74) is 0.549. The second-order valence-electron chi connectivity index (χ2n) is 5.23. The molecule has 1 aliphatic rings. The van der Waals surface area contributed by atoms with Crippen LogP contribution in [0.3, 0.4) is 0 Å². The first-order valence-corrected chi connectivity index (χ1v) is 8.65. The quantitative estimate of drug-likeness (QED) is 0.823. The van der Waals surface area contributed by atoms with Crippen molar-refractivity contribution in [1.29, 1.82) is 0 Å². The van der Waals surface area contributed by atoms with E-state index in [1.807, 2.05) is 14.0 Å². The van der Waals surface area contributed by atoms with Crippen LogP contribution in [0.1, 0.15) is 17.3 Å². The third-order valence-electron chi connectivity index (χ3n) is 3.61. The molecular formula is C15H21Cl2N3O2S. The summed E-state index contributed by atoms with van der Waals surface area (Å²) in [4.78, 5) is 26.5. The van der Waals surface area contributed by atoms with Crippen LogP contribution in [-0.4, -0.2) is 54.0 Å². The Bertz CT molecular complexity index is 542. The molecule has 2 rings (SSSR count). The standard InChI is InChI=1S/C15H20ClN3O2S.ClH/c1-10(17-2)7-18-14(20)13-8-22-9-19(13)15(21)11-3-5-12(16)6-4-11;/h3-6,10,13,17H,7-9H2,1-2H3,(H,18,20);1H. The number of nitrogens with zero attached hydrogens (tertiary/aromatic N) is 1. The molecule has 2 amide bonds. The molecule has 8 heteroatoms. The largest absolute Gasteiger partial charge is 0.353 e. The van der Waals surface area contributed by atoms with E-state index in [0.29, 0.717) is 28.8 Å². The zero-order valence-corrected chi connectivity index (χ0v) is 15.4. The Balaban J connectivity index is 0.00000264. The highest BCUT2D eigenvalue weighted by Gasteiger charge is 2.35. The zero-order valence-electron chi connectivity index (χ0n) is 13.0. The summed E-state index contributed by atoms with van der Waals surface area (Å²) in [6, 6.07) is 6.51. The van der Waals surface area contributed by atoms with E-state index >= 15 is 0 Å². The van der Waals surface area contributed by atoms with Crippen LogP contribution in [-0.2, 0) is 4.79 Å². The van der Waals surface area contributed by atoms with Gasteiger partial charge in [0.1, 0.15) is 6.04 Å². The van der Waals surface area contributed by atoms with Crippen LogP contribution in [0.25, 0.3) is 0 Å². The molecule has 128 valence electrons. The molecule has 1 aromatic rings. The maximum atomic E-state index is 12.5. The average molecular weight is 378 g/mol. The Morgan fingerprint density at radius 2 is 2.04 bits per heavy atom. The number of nitrogens with one attached hydrogen (secondary N) is 2. The van der Waals surface area contributed by atoms with Crippen molar-refractivity contribution in [3.05, 3.63) is 34.9 Å². The molecule has 0 aromatic heterocycles. The minimum absolute atomic E-state index is 0. The first-order valence-electron chi connectivity index (χ1n) is 7.12. The molecule has 1 fully saturated rings. The molecule has 1 saturated heterocycles. The fourth-order valence-corrected chi connectivity index (χ4v) is 3.37. The third kappa shape index (κ3) is 5.28. The van der Waals surface area contributed by atoms with Gasteiger partial charge in [0.25, 0.3) is 5.91 Å². The minimum atomic E-state index is -0.419. The number of hydrogen-bond acceptors (Lipinski definition) is 4. The second kappa shape index (κ2) is 9.37. The number of benzene rings is 1. The topological polar surface area (TPSA) is 61.4 Å². The fraction of sp³-hybridized carbons (Fsp3) is 0.467. The van der Waals surface area contributed by atoms with Gasteiger partial charge < -0.3 is 15.5 Å². The molecule has 1 heterocycles. The molecule has 2 atom stereocenters. The molecule has 2 unspecified atom stereocenters. The summed E-state index contributed by atoms with van der Waals surface area (Å²) in [6.07, 6.45) is 0. The summed E-state index contributed by atoms with van der Waals surface area (Å²) in [5, 5.41) is 6.54. The number of hydrogen-bond donors (Lipinski definition) is 2. The van der Waals surface area contributed by atoms with E-state index in [9.17, 15) is 9.59 Å². The van der Waals surface area contributed by atoms with E-state index in [0.717, 1.165) is 0 Å². The molecule has 1 aliphatic heterocycles. The maximum absolute atomic E-state index is 12.5. The van der Waals surface area contributed by atoms with Gasteiger partial charge in [0, 0.05) is 28.9 Å². The van der Waals surface area contributed by atoms with Crippen molar-refractivity contribution in [3.63, 3.8) is 0 Å². The van der Waals surface area contributed by atoms with Crippen molar-refractivity contribution in [3.8, 4) is 0 Å². The Labute approximate surface area is 151 Å². The van der Waals surface area contributed by atoms with Crippen molar-refractivity contribution in [2.45, 2.75) is 19.0 Å². The third-order valence-corrected chi connectivity index (χ3v) is 4.88. The molecule has 0 radical (unpaired) electrons. The molecule has 2 N–H and O–H groups in total. The molecule has 0 saturated carbocycles. The van der Waals surface area contributed by atoms with E-state index in [2.05, 4.69) is 10.6 Å². The van der Waals surface area contributed by atoms with Crippen molar-refractivity contribution < 1.29 is 9.59 Å². The van der Waals surface area contributed by atoms with Gasteiger partial charge in [-0.3, -0.25) is 9.59 Å². The number of likely N-dealkylation sites (N-methyl/N-ethyl adjacent to an activating group) is 1. The molecule has 5 nitrogen and oxygen atoms in total. The lowest BCUT2D eigenvalue weighted by atomic mass is 10.1. The Kier molecular flexibility index (Phi) is 8.19. The van der Waals surface area contributed by atoms with Crippen LogP contribution in [0.2, 0.25) is 5.02 Å². The smallest absolute Gasteiger partial charge is 0.255 e. The second-order valence-corrected chi connectivity index (χ2v) is 6.67. The van der Waals surface area contributed by atoms with E-state index < -0.39 is 6.04 Å². The number of rotatable bonds is 5. The van der Waals surface area contributed by atoms with Gasteiger partial charge in [-0.15, -0.1) is 24.2 Å². The van der Waals surface area contributed by atoms with Gasteiger partial charge in [0.2, 0.25) is 5.91 Å². The molecule has 0 aliphatic carbocycles. The highest BCUT2D eigenvalue weighted by atomic mass is 35.5. The SMILES string of the molecule is CNC(C)CNC(=O)C1CSCN1C(=O)c1ccc(Cl)cc1.Cl. The van der Waals surface area contributed by atoms with E-state index in [4.69, 9.17) is 11.6 Å². The van der Waals surface area contributed by atoms with Crippen molar-refractivity contribution >= 4 is 47.6 Å². The summed E-state index contributed by atoms with van der Waals surface area (Å²) >= 11 is 7.43. The minimum Gasteiger partial charge on any atom is -0.353 e. The highest BCUT2D eigenvalue weighted by Crippen LogP contribution is 2.23. The van der Waals surface area contributed by atoms with Gasteiger partial charge in [0.15, 0.2) is 0 Å². The number of carbonyl (C=O) groups excluding carboxylic acids is 2. The van der Waals surface area contributed by atoms with Crippen molar-refractivity contribution in [2.24, 2.45) is 0 Å². The Hall–Kier alpha value is -0.950. The summed E-state index contributed by atoms with van der Waals surface area (Å²) in [5.74, 6) is 0.915. The monoisotopic (exact) mass is 377 g/mol. The number of carbonyl (C=O) groups is 2. The van der Waals surface area contributed by atoms with Crippen LogP contribution in [0.5, 0.6) is 0 Å².